The summed E-state index contributed by atoms with van der Waals surface area (Å²) in [6.45, 7) is 6.01. The monoisotopic (exact) mass is 290 g/mol. The van der Waals surface area contributed by atoms with Gasteiger partial charge in [-0.05, 0) is 44.6 Å². The number of nitrogens with zero attached hydrogens (tertiary/aromatic N) is 3. The molecule has 4 heteroatoms. The Bertz CT molecular complexity index is 377. The van der Waals surface area contributed by atoms with Gasteiger partial charge in [-0.1, -0.05) is 19.3 Å². The molecule has 4 nitrogen and oxygen atoms in total. The second-order valence-electron chi connectivity index (χ2n) is 7.35. The average molecular weight is 290 g/mol. The molecule has 0 aromatic rings. The van der Waals surface area contributed by atoms with Crippen molar-refractivity contribution < 1.29 is 0 Å². The molecule has 0 aromatic carbocycles. The normalized spacial score (nSPS) is 36.1. The molecule has 1 heterocycles. The molecule has 2 aliphatic carbocycles. The van der Waals surface area contributed by atoms with Crippen LogP contribution in [0.25, 0.3) is 0 Å². The van der Waals surface area contributed by atoms with Crippen molar-refractivity contribution in [2.75, 3.05) is 32.7 Å². The highest BCUT2D eigenvalue weighted by atomic mass is 15.3. The van der Waals surface area contributed by atoms with Crippen molar-refractivity contribution in [1.29, 1.82) is 5.26 Å². The van der Waals surface area contributed by atoms with Crippen LogP contribution in [0.5, 0.6) is 0 Å². The lowest BCUT2D eigenvalue weighted by Gasteiger charge is -2.38. The molecule has 2 saturated carbocycles. The van der Waals surface area contributed by atoms with Crippen LogP contribution >= 0.6 is 0 Å². The van der Waals surface area contributed by atoms with E-state index in [2.05, 4.69) is 15.9 Å². The Balaban J connectivity index is 1.40. The maximum Gasteiger partial charge on any atom is 0.107 e. The minimum absolute atomic E-state index is 0.412. The maximum absolute atomic E-state index is 9.29. The molecule has 21 heavy (non-hydrogen) atoms. The van der Waals surface area contributed by atoms with Crippen molar-refractivity contribution in [3.8, 4) is 6.07 Å². The van der Waals surface area contributed by atoms with E-state index in [4.69, 9.17) is 5.73 Å². The van der Waals surface area contributed by atoms with E-state index in [9.17, 15) is 5.26 Å². The van der Waals surface area contributed by atoms with Gasteiger partial charge in [0.15, 0.2) is 0 Å². The van der Waals surface area contributed by atoms with Crippen LogP contribution in [0.1, 0.15) is 51.4 Å². The zero-order valence-electron chi connectivity index (χ0n) is 13.3. The summed E-state index contributed by atoms with van der Waals surface area (Å²) in [5.74, 6) is 0.412. The summed E-state index contributed by atoms with van der Waals surface area (Å²) in [5.41, 5.74) is 5.70. The molecule has 0 amide bonds. The summed E-state index contributed by atoms with van der Waals surface area (Å²) in [4.78, 5) is 5.29. The van der Waals surface area contributed by atoms with E-state index in [1.165, 1.54) is 51.9 Å². The van der Waals surface area contributed by atoms with Crippen molar-refractivity contribution in [1.82, 2.24) is 9.80 Å². The molecule has 2 unspecified atom stereocenters. The highest BCUT2D eigenvalue weighted by molar-refractivity contribution is 5.12. The van der Waals surface area contributed by atoms with Crippen LogP contribution in [0, 0.1) is 17.2 Å². The Morgan fingerprint density at radius 2 is 1.76 bits per heavy atom. The van der Waals surface area contributed by atoms with Crippen LogP contribution in [0.4, 0.5) is 0 Å². The van der Waals surface area contributed by atoms with Gasteiger partial charge >= 0.3 is 0 Å². The lowest BCUT2D eigenvalue weighted by molar-refractivity contribution is 0.0927. The van der Waals surface area contributed by atoms with Gasteiger partial charge in [0.2, 0.25) is 0 Å². The second-order valence-corrected chi connectivity index (χ2v) is 7.35. The maximum atomic E-state index is 9.29. The number of nitriles is 1. The van der Waals surface area contributed by atoms with Gasteiger partial charge in [-0.25, -0.2) is 0 Å². The third-order valence-electron chi connectivity index (χ3n) is 6.12. The van der Waals surface area contributed by atoms with E-state index in [0.717, 1.165) is 38.3 Å². The summed E-state index contributed by atoms with van der Waals surface area (Å²) in [5, 5.41) is 9.29. The number of hydrogen-bond acceptors (Lipinski definition) is 4. The Labute approximate surface area is 129 Å². The minimum atomic E-state index is -0.536. The van der Waals surface area contributed by atoms with E-state index in [-0.39, 0.29) is 0 Å². The molecule has 3 aliphatic rings. The summed E-state index contributed by atoms with van der Waals surface area (Å²) < 4.78 is 0. The lowest BCUT2D eigenvalue weighted by atomic mass is 9.87. The number of rotatable bonds is 4. The third-order valence-corrected chi connectivity index (χ3v) is 6.12. The smallest absolute Gasteiger partial charge is 0.107 e. The van der Waals surface area contributed by atoms with Gasteiger partial charge in [0.25, 0.3) is 0 Å². The summed E-state index contributed by atoms with van der Waals surface area (Å²) in [6, 6.07) is 3.25. The molecular formula is C17H30N4. The van der Waals surface area contributed by atoms with Crippen molar-refractivity contribution in [2.45, 2.75) is 62.9 Å². The first-order valence-electron chi connectivity index (χ1n) is 8.88. The van der Waals surface area contributed by atoms with E-state index in [0.29, 0.717) is 5.92 Å². The molecule has 2 atom stereocenters. The fourth-order valence-electron chi connectivity index (χ4n) is 4.61. The first-order valence-corrected chi connectivity index (χ1v) is 8.88. The summed E-state index contributed by atoms with van der Waals surface area (Å²) in [7, 11) is 0. The van der Waals surface area contributed by atoms with Crippen LogP contribution < -0.4 is 5.73 Å². The largest absolute Gasteiger partial charge is 0.313 e. The summed E-state index contributed by atoms with van der Waals surface area (Å²) in [6.07, 6.45) is 9.96. The topological polar surface area (TPSA) is 56.3 Å². The van der Waals surface area contributed by atoms with Gasteiger partial charge in [0.1, 0.15) is 5.54 Å². The lowest BCUT2D eigenvalue weighted by Crippen LogP contribution is -2.50. The van der Waals surface area contributed by atoms with Gasteiger partial charge in [-0.2, -0.15) is 5.26 Å². The Morgan fingerprint density at radius 3 is 2.43 bits per heavy atom. The third kappa shape index (κ3) is 3.41. The highest BCUT2D eigenvalue weighted by Crippen LogP contribution is 2.35. The zero-order valence-corrected chi connectivity index (χ0v) is 13.3. The fourth-order valence-corrected chi connectivity index (χ4v) is 4.61. The van der Waals surface area contributed by atoms with Crippen molar-refractivity contribution >= 4 is 0 Å². The first kappa shape index (κ1) is 15.3. The van der Waals surface area contributed by atoms with Gasteiger partial charge < -0.3 is 10.6 Å². The fraction of sp³-hybridized carbons (Fsp3) is 0.941. The molecule has 118 valence electrons. The van der Waals surface area contributed by atoms with Gasteiger partial charge in [-0.15, -0.1) is 0 Å². The van der Waals surface area contributed by atoms with Crippen molar-refractivity contribution in [3.63, 3.8) is 0 Å². The molecule has 0 aromatic heterocycles. The SMILES string of the molecule is N#CC1(N)CCCC1CCN1CCN(C2CCCC2)CC1. The van der Waals surface area contributed by atoms with E-state index in [1.807, 2.05) is 0 Å². The van der Waals surface area contributed by atoms with Crippen molar-refractivity contribution in [2.24, 2.45) is 11.7 Å². The van der Waals surface area contributed by atoms with Crippen LogP contribution in [-0.2, 0) is 0 Å². The van der Waals surface area contributed by atoms with Gasteiger partial charge in [0.05, 0.1) is 6.07 Å². The van der Waals surface area contributed by atoms with E-state index >= 15 is 0 Å². The van der Waals surface area contributed by atoms with Crippen LogP contribution in [0.3, 0.4) is 0 Å². The molecule has 3 fully saturated rings. The summed E-state index contributed by atoms with van der Waals surface area (Å²) >= 11 is 0. The number of hydrogen-bond donors (Lipinski definition) is 1. The predicted molar refractivity (Wildman–Crippen MR) is 84.8 cm³/mol. The van der Waals surface area contributed by atoms with Crippen LogP contribution in [-0.4, -0.2) is 54.1 Å². The minimum Gasteiger partial charge on any atom is -0.313 e. The van der Waals surface area contributed by atoms with Crippen molar-refractivity contribution in [3.05, 3.63) is 0 Å². The molecule has 1 saturated heterocycles. The van der Waals surface area contributed by atoms with Gasteiger partial charge in [-0.3, -0.25) is 4.90 Å². The standard InChI is InChI=1S/C17H30N4/c18-14-17(19)8-3-4-15(17)7-9-20-10-12-21(13-11-20)16-5-1-2-6-16/h15-16H,1-13,19H2. The molecule has 3 rings (SSSR count). The zero-order chi connectivity index (χ0) is 14.7. The van der Waals surface area contributed by atoms with E-state index < -0.39 is 5.54 Å². The average Bonchev–Trinajstić information content (AvgIpc) is 3.16. The molecule has 0 bridgehead atoms. The van der Waals surface area contributed by atoms with E-state index in [1.54, 1.807) is 0 Å². The first-order chi connectivity index (χ1) is 10.2. The van der Waals surface area contributed by atoms with Gasteiger partial charge in [0, 0.05) is 32.2 Å². The predicted octanol–water partition coefficient (Wildman–Crippen LogP) is 1.96. The molecule has 0 radical (unpaired) electrons. The number of nitrogens with two attached hydrogens (primary N) is 1. The Morgan fingerprint density at radius 1 is 1.05 bits per heavy atom. The molecule has 2 N–H and O–H groups in total. The quantitative estimate of drug-likeness (QED) is 0.860. The highest BCUT2D eigenvalue weighted by Gasteiger charge is 2.39. The Hall–Kier alpha value is -0.630. The molecular weight excluding hydrogens is 260 g/mol. The second kappa shape index (κ2) is 6.64. The van der Waals surface area contributed by atoms with Crippen LogP contribution in [0.2, 0.25) is 0 Å². The molecule has 0 spiro atoms. The Kier molecular flexibility index (Phi) is 4.83. The van der Waals surface area contributed by atoms with Crippen LogP contribution in [0.15, 0.2) is 0 Å². The number of piperazine rings is 1. The molecule has 1 aliphatic heterocycles.